The van der Waals surface area contributed by atoms with Crippen molar-refractivity contribution in [3.63, 3.8) is 0 Å². The van der Waals surface area contributed by atoms with Crippen LogP contribution in [0.4, 0.5) is 0 Å². The Kier molecular flexibility index (Phi) is 6.24. The summed E-state index contributed by atoms with van der Waals surface area (Å²) >= 11 is 12.2. The smallest absolute Gasteiger partial charge is 0.317 e. The maximum absolute atomic E-state index is 12.6. The highest BCUT2D eigenvalue weighted by Gasteiger charge is 2.28. The van der Waals surface area contributed by atoms with Crippen LogP contribution in [0.25, 0.3) is 0 Å². The Morgan fingerprint density at radius 3 is 2.65 bits per heavy atom. The Balaban J connectivity index is 2.03. The molecule has 8 heteroatoms. The number of carbonyl (C=O) groups is 2. The van der Waals surface area contributed by atoms with Gasteiger partial charge < -0.3 is 14.7 Å². The van der Waals surface area contributed by atoms with Crippen LogP contribution in [0.3, 0.4) is 0 Å². The number of nitrogens with zero attached hydrogens (tertiary/aromatic N) is 2. The van der Waals surface area contributed by atoms with Gasteiger partial charge in [0.15, 0.2) is 0 Å². The van der Waals surface area contributed by atoms with Gasteiger partial charge in [0.2, 0.25) is 0 Å². The highest BCUT2D eigenvalue weighted by Crippen LogP contribution is 2.26. The van der Waals surface area contributed by atoms with Gasteiger partial charge in [-0.05, 0) is 19.2 Å². The van der Waals surface area contributed by atoms with Gasteiger partial charge in [-0.1, -0.05) is 29.3 Å². The molecular weight excluding hydrogens is 343 g/mol. The van der Waals surface area contributed by atoms with Crippen LogP contribution in [-0.4, -0.2) is 72.7 Å². The molecule has 6 nitrogen and oxygen atoms in total. The molecule has 2 rings (SSSR count). The van der Waals surface area contributed by atoms with E-state index in [1.807, 2.05) is 0 Å². The van der Waals surface area contributed by atoms with Crippen LogP contribution in [0.5, 0.6) is 0 Å². The molecule has 1 aliphatic heterocycles. The summed E-state index contributed by atoms with van der Waals surface area (Å²) in [6.45, 7) is 1.54. The maximum atomic E-state index is 12.6. The Hall–Kier alpha value is -1.34. The lowest BCUT2D eigenvalue weighted by atomic mass is 10.1. The minimum absolute atomic E-state index is 0.0792. The van der Waals surface area contributed by atoms with Crippen LogP contribution >= 0.6 is 23.2 Å². The summed E-state index contributed by atoms with van der Waals surface area (Å²) in [6, 6.07) is 4.93. The number of morpholine rings is 1. The first-order chi connectivity index (χ1) is 10.9. The van der Waals surface area contributed by atoms with Gasteiger partial charge in [0.25, 0.3) is 5.91 Å². The van der Waals surface area contributed by atoms with E-state index in [1.165, 1.54) is 0 Å². The highest BCUT2D eigenvalue weighted by molar-refractivity contribution is 6.39. The lowest BCUT2D eigenvalue weighted by molar-refractivity contribution is -0.138. The number of likely N-dealkylation sites (N-methyl/N-ethyl adjacent to an activating group) is 1. The van der Waals surface area contributed by atoms with Crippen LogP contribution in [0.2, 0.25) is 10.0 Å². The van der Waals surface area contributed by atoms with Crippen molar-refractivity contribution in [3.8, 4) is 0 Å². The molecule has 0 radical (unpaired) electrons. The predicted octanol–water partition coefficient (Wildman–Crippen LogP) is 1.85. The largest absolute Gasteiger partial charge is 0.480 e. The topological polar surface area (TPSA) is 70.1 Å². The molecule has 1 amide bonds. The van der Waals surface area contributed by atoms with E-state index in [9.17, 15) is 9.59 Å². The van der Waals surface area contributed by atoms with Crippen LogP contribution in [0.15, 0.2) is 18.2 Å². The second-order valence-electron chi connectivity index (χ2n) is 5.43. The second-order valence-corrected chi connectivity index (χ2v) is 6.25. The molecule has 1 unspecified atom stereocenters. The quantitative estimate of drug-likeness (QED) is 0.867. The molecule has 0 spiro atoms. The Morgan fingerprint density at radius 2 is 2.04 bits per heavy atom. The molecule has 1 fully saturated rings. The number of hydrogen-bond acceptors (Lipinski definition) is 4. The van der Waals surface area contributed by atoms with Gasteiger partial charge in [-0.2, -0.15) is 0 Å². The molecular formula is C15H18Cl2N2O4. The van der Waals surface area contributed by atoms with E-state index in [0.29, 0.717) is 36.3 Å². The summed E-state index contributed by atoms with van der Waals surface area (Å²) in [5.41, 5.74) is 0.287. The molecule has 1 aliphatic rings. The standard InChI is InChI=1S/C15H18Cl2N2O4/c1-18(9-13(20)21)7-10-8-19(5-6-23-10)15(22)14-11(16)3-2-4-12(14)17/h2-4,10H,5-9H2,1H3,(H,20,21). The van der Waals surface area contributed by atoms with Crippen LogP contribution in [-0.2, 0) is 9.53 Å². The van der Waals surface area contributed by atoms with E-state index in [2.05, 4.69) is 0 Å². The van der Waals surface area contributed by atoms with Gasteiger partial charge >= 0.3 is 5.97 Å². The van der Waals surface area contributed by atoms with Crippen molar-refractivity contribution >= 4 is 35.1 Å². The molecule has 1 aromatic rings. The van der Waals surface area contributed by atoms with Crippen molar-refractivity contribution in [1.29, 1.82) is 0 Å². The fourth-order valence-corrected chi connectivity index (χ4v) is 3.08. The van der Waals surface area contributed by atoms with E-state index < -0.39 is 5.97 Å². The zero-order valence-electron chi connectivity index (χ0n) is 12.7. The monoisotopic (exact) mass is 360 g/mol. The maximum Gasteiger partial charge on any atom is 0.317 e. The van der Waals surface area contributed by atoms with E-state index in [-0.39, 0.29) is 24.1 Å². The molecule has 0 saturated carbocycles. The third-order valence-electron chi connectivity index (χ3n) is 3.52. The van der Waals surface area contributed by atoms with Crippen LogP contribution in [0.1, 0.15) is 10.4 Å². The number of carboxylic acids is 1. The third kappa shape index (κ3) is 4.81. The van der Waals surface area contributed by atoms with Crippen molar-refractivity contribution < 1.29 is 19.4 Å². The first-order valence-corrected chi connectivity index (χ1v) is 7.89. The number of halogens is 2. The molecule has 1 atom stereocenters. The van der Waals surface area contributed by atoms with Crippen molar-refractivity contribution in [1.82, 2.24) is 9.80 Å². The van der Waals surface area contributed by atoms with Gasteiger partial charge in [0.05, 0.1) is 34.9 Å². The molecule has 1 heterocycles. The number of hydrogen-bond donors (Lipinski definition) is 1. The number of amides is 1. The minimum atomic E-state index is -0.904. The fourth-order valence-electron chi connectivity index (χ4n) is 2.52. The zero-order valence-corrected chi connectivity index (χ0v) is 14.2. The zero-order chi connectivity index (χ0) is 17.0. The molecule has 126 valence electrons. The van der Waals surface area contributed by atoms with E-state index in [1.54, 1.807) is 35.0 Å². The Morgan fingerprint density at radius 1 is 1.39 bits per heavy atom. The summed E-state index contributed by atoms with van der Waals surface area (Å²) in [6.07, 6.45) is -0.252. The number of carbonyl (C=O) groups excluding carboxylic acids is 1. The molecule has 0 aromatic heterocycles. The Bertz CT molecular complexity index is 577. The van der Waals surface area contributed by atoms with Crippen molar-refractivity contribution in [2.75, 3.05) is 39.8 Å². The summed E-state index contributed by atoms with van der Waals surface area (Å²) in [5.74, 6) is -1.14. The third-order valence-corrected chi connectivity index (χ3v) is 4.15. The number of aliphatic carboxylic acids is 1. The molecule has 1 N–H and O–H groups in total. The van der Waals surface area contributed by atoms with Crippen LogP contribution < -0.4 is 0 Å². The summed E-state index contributed by atoms with van der Waals surface area (Å²) in [5, 5.41) is 9.41. The van der Waals surface area contributed by atoms with Gasteiger partial charge in [-0.15, -0.1) is 0 Å². The first kappa shape index (κ1) is 18.0. The first-order valence-electron chi connectivity index (χ1n) is 7.13. The minimum Gasteiger partial charge on any atom is -0.480 e. The fraction of sp³-hybridized carbons (Fsp3) is 0.467. The van der Waals surface area contributed by atoms with Crippen molar-refractivity contribution in [2.24, 2.45) is 0 Å². The molecule has 1 aromatic carbocycles. The summed E-state index contributed by atoms with van der Waals surface area (Å²) in [7, 11) is 1.70. The summed E-state index contributed by atoms with van der Waals surface area (Å²) in [4.78, 5) is 26.6. The molecule has 23 heavy (non-hydrogen) atoms. The Labute approximate surface area is 144 Å². The number of benzene rings is 1. The molecule has 1 saturated heterocycles. The van der Waals surface area contributed by atoms with Gasteiger partial charge in [0.1, 0.15) is 0 Å². The molecule has 0 bridgehead atoms. The lowest BCUT2D eigenvalue weighted by Gasteiger charge is -2.34. The lowest BCUT2D eigenvalue weighted by Crippen LogP contribution is -2.49. The van der Waals surface area contributed by atoms with E-state index in [4.69, 9.17) is 33.0 Å². The van der Waals surface area contributed by atoms with Gasteiger partial charge in [-0.25, -0.2) is 0 Å². The van der Waals surface area contributed by atoms with Crippen molar-refractivity contribution in [3.05, 3.63) is 33.8 Å². The molecule has 0 aliphatic carbocycles. The second kappa shape index (κ2) is 7.97. The van der Waals surface area contributed by atoms with Gasteiger partial charge in [-0.3, -0.25) is 14.5 Å². The SMILES string of the molecule is CN(CC(=O)O)CC1CN(C(=O)c2c(Cl)cccc2Cl)CCO1. The average Bonchev–Trinajstić information content (AvgIpc) is 2.46. The highest BCUT2D eigenvalue weighted by atomic mass is 35.5. The predicted molar refractivity (Wildman–Crippen MR) is 87.2 cm³/mol. The van der Waals surface area contributed by atoms with E-state index in [0.717, 1.165) is 0 Å². The van der Waals surface area contributed by atoms with E-state index >= 15 is 0 Å². The average molecular weight is 361 g/mol. The number of rotatable bonds is 5. The number of carboxylic acid groups (broad SMARTS) is 1. The van der Waals surface area contributed by atoms with Gasteiger partial charge in [0, 0.05) is 19.6 Å². The number of ether oxygens (including phenoxy) is 1. The normalized spacial score (nSPS) is 18.3. The summed E-state index contributed by atoms with van der Waals surface area (Å²) < 4.78 is 5.61. The van der Waals surface area contributed by atoms with Crippen LogP contribution in [0, 0.1) is 0 Å². The van der Waals surface area contributed by atoms with Crippen molar-refractivity contribution in [2.45, 2.75) is 6.10 Å².